The topological polar surface area (TPSA) is 69.2 Å². The number of halogens is 1. The van der Waals surface area contributed by atoms with Crippen molar-refractivity contribution in [3.05, 3.63) is 12.1 Å². The van der Waals surface area contributed by atoms with E-state index in [2.05, 4.69) is 8.75 Å². The first-order valence-electron chi connectivity index (χ1n) is 3.78. The molecule has 0 aliphatic carbocycles. The molecule has 80 valence electrons. The lowest BCUT2D eigenvalue weighted by molar-refractivity contribution is 0.404. The van der Waals surface area contributed by atoms with E-state index in [0.29, 0.717) is 5.52 Å². The van der Waals surface area contributed by atoms with E-state index in [1.165, 1.54) is 13.2 Å². The van der Waals surface area contributed by atoms with Crippen LogP contribution in [0.1, 0.15) is 0 Å². The van der Waals surface area contributed by atoms with E-state index < -0.39 is 9.05 Å². The van der Waals surface area contributed by atoms with E-state index in [9.17, 15) is 8.42 Å². The Morgan fingerprint density at radius 3 is 2.73 bits per heavy atom. The van der Waals surface area contributed by atoms with Gasteiger partial charge in [0.15, 0.2) is 4.90 Å². The van der Waals surface area contributed by atoms with Crippen molar-refractivity contribution in [3.63, 3.8) is 0 Å². The molecule has 0 saturated carbocycles. The molecule has 0 saturated heterocycles. The van der Waals surface area contributed by atoms with Gasteiger partial charge in [-0.25, -0.2) is 8.42 Å². The molecule has 0 unspecified atom stereocenters. The van der Waals surface area contributed by atoms with Crippen LogP contribution in [-0.2, 0) is 9.05 Å². The Kier molecular flexibility index (Phi) is 2.53. The van der Waals surface area contributed by atoms with Crippen molar-refractivity contribution in [2.24, 2.45) is 0 Å². The predicted molar refractivity (Wildman–Crippen MR) is 57.0 cm³/mol. The maximum absolute atomic E-state index is 11.3. The summed E-state index contributed by atoms with van der Waals surface area (Å²) in [6.45, 7) is 0. The Bertz CT molecular complexity index is 608. The molecular weight excluding hydrogens is 260 g/mol. The van der Waals surface area contributed by atoms with Crippen molar-refractivity contribution >= 4 is 42.5 Å². The van der Waals surface area contributed by atoms with Gasteiger partial charge in [-0.2, -0.15) is 8.75 Å². The lowest BCUT2D eigenvalue weighted by atomic mass is 10.3. The minimum Gasteiger partial charge on any atom is -0.495 e. The van der Waals surface area contributed by atoms with Crippen LogP contribution < -0.4 is 4.74 Å². The maximum atomic E-state index is 11.3. The predicted octanol–water partition coefficient (Wildman–Crippen LogP) is 1.63. The van der Waals surface area contributed by atoms with Crippen LogP contribution in [0.4, 0.5) is 0 Å². The Morgan fingerprint density at radius 1 is 1.40 bits per heavy atom. The Balaban J connectivity index is 2.93. The van der Waals surface area contributed by atoms with Gasteiger partial charge in [0.2, 0.25) is 0 Å². The minimum absolute atomic E-state index is 0.127. The van der Waals surface area contributed by atoms with Crippen molar-refractivity contribution in [1.82, 2.24) is 8.75 Å². The summed E-state index contributed by atoms with van der Waals surface area (Å²) in [5.41, 5.74) is 0.731. The summed E-state index contributed by atoms with van der Waals surface area (Å²) in [5, 5.41) is 0. The number of fused-ring (bicyclic) bond motifs is 1. The highest BCUT2D eigenvalue weighted by Gasteiger charge is 2.22. The third kappa shape index (κ3) is 1.77. The zero-order chi connectivity index (χ0) is 11.1. The number of benzene rings is 1. The van der Waals surface area contributed by atoms with E-state index >= 15 is 0 Å². The molecule has 0 bridgehead atoms. The van der Waals surface area contributed by atoms with Gasteiger partial charge in [0.05, 0.1) is 18.8 Å². The minimum atomic E-state index is -3.89. The summed E-state index contributed by atoms with van der Waals surface area (Å²) in [7, 11) is 2.78. The van der Waals surface area contributed by atoms with Gasteiger partial charge in [0, 0.05) is 10.7 Å². The summed E-state index contributed by atoms with van der Waals surface area (Å²) in [6, 6.07) is 3.13. The Morgan fingerprint density at radius 2 is 2.13 bits per heavy atom. The molecule has 1 heterocycles. The van der Waals surface area contributed by atoms with Crippen molar-refractivity contribution in [2.75, 3.05) is 7.11 Å². The molecule has 0 radical (unpaired) electrons. The zero-order valence-electron chi connectivity index (χ0n) is 7.47. The molecule has 0 fully saturated rings. The highest BCUT2D eigenvalue weighted by atomic mass is 35.7. The largest absolute Gasteiger partial charge is 0.495 e. The van der Waals surface area contributed by atoms with Crippen molar-refractivity contribution < 1.29 is 13.2 Å². The van der Waals surface area contributed by atoms with Gasteiger partial charge in [-0.05, 0) is 12.1 Å². The first kappa shape index (κ1) is 10.6. The number of nitrogens with zero attached hydrogens (tertiary/aromatic N) is 2. The van der Waals surface area contributed by atoms with Crippen LogP contribution in [-0.4, -0.2) is 24.3 Å². The maximum Gasteiger partial charge on any atom is 0.267 e. The summed E-state index contributed by atoms with van der Waals surface area (Å²) in [4.78, 5) is -0.127. The highest BCUT2D eigenvalue weighted by Crippen LogP contribution is 2.33. The molecule has 5 nitrogen and oxygen atoms in total. The molecule has 8 heteroatoms. The lowest BCUT2D eigenvalue weighted by Crippen LogP contribution is -1.97. The molecule has 0 aliphatic rings. The summed E-state index contributed by atoms with van der Waals surface area (Å²) in [5.74, 6) is 0.171. The number of rotatable bonds is 2. The van der Waals surface area contributed by atoms with E-state index in [1.54, 1.807) is 6.07 Å². The van der Waals surface area contributed by atoms with Gasteiger partial charge in [-0.3, -0.25) is 0 Å². The molecular formula is C7H5ClN2O3S2. The van der Waals surface area contributed by atoms with Gasteiger partial charge in [-0.1, -0.05) is 0 Å². The molecule has 2 rings (SSSR count). The van der Waals surface area contributed by atoms with Gasteiger partial charge >= 0.3 is 0 Å². The Hall–Kier alpha value is -0.920. The average Bonchev–Trinajstić information content (AvgIpc) is 2.61. The average molecular weight is 265 g/mol. The normalized spacial score (nSPS) is 11.9. The van der Waals surface area contributed by atoms with Crippen LogP contribution in [0.25, 0.3) is 11.0 Å². The van der Waals surface area contributed by atoms with Crippen LogP contribution in [0.15, 0.2) is 17.0 Å². The van der Waals surface area contributed by atoms with Gasteiger partial charge in [0.1, 0.15) is 16.8 Å². The molecule has 1 aromatic carbocycles. The second-order valence-electron chi connectivity index (χ2n) is 2.67. The van der Waals surface area contributed by atoms with Gasteiger partial charge in [0.25, 0.3) is 9.05 Å². The van der Waals surface area contributed by atoms with Crippen molar-refractivity contribution in [2.45, 2.75) is 4.90 Å². The van der Waals surface area contributed by atoms with Gasteiger partial charge in [-0.15, -0.1) is 0 Å². The number of hydrogen-bond acceptors (Lipinski definition) is 6. The van der Waals surface area contributed by atoms with E-state index in [-0.39, 0.29) is 16.2 Å². The first-order valence-corrected chi connectivity index (χ1v) is 6.82. The molecule has 1 aromatic heterocycles. The van der Waals surface area contributed by atoms with Crippen LogP contribution in [0.2, 0.25) is 0 Å². The third-order valence-corrected chi connectivity index (χ3v) is 3.70. The zero-order valence-corrected chi connectivity index (χ0v) is 9.86. The highest BCUT2D eigenvalue weighted by molar-refractivity contribution is 8.14. The van der Waals surface area contributed by atoms with E-state index in [0.717, 1.165) is 11.7 Å². The smallest absolute Gasteiger partial charge is 0.267 e. The van der Waals surface area contributed by atoms with Crippen LogP contribution in [0, 0.1) is 0 Å². The molecule has 0 N–H and O–H groups in total. The second kappa shape index (κ2) is 3.58. The summed E-state index contributed by atoms with van der Waals surface area (Å²) >= 11 is 0.924. The standard InChI is InChI=1S/C7H5ClN2O3S2/c1-13-5-3-2-4-6(10-14-9-4)7(5)15(8,11)12/h2-3H,1H3. The van der Waals surface area contributed by atoms with Crippen LogP contribution >= 0.6 is 22.4 Å². The SMILES string of the molecule is COc1ccc2nsnc2c1S(=O)(=O)Cl. The van der Waals surface area contributed by atoms with Crippen molar-refractivity contribution in [1.29, 1.82) is 0 Å². The molecule has 2 aromatic rings. The van der Waals surface area contributed by atoms with E-state index in [1.807, 2.05) is 0 Å². The first-order chi connectivity index (χ1) is 7.04. The summed E-state index contributed by atoms with van der Waals surface area (Å²) in [6.07, 6.45) is 0. The van der Waals surface area contributed by atoms with Crippen LogP contribution in [0.3, 0.4) is 0 Å². The van der Waals surface area contributed by atoms with E-state index in [4.69, 9.17) is 15.4 Å². The number of methoxy groups -OCH3 is 1. The second-order valence-corrected chi connectivity index (χ2v) is 5.70. The van der Waals surface area contributed by atoms with Crippen molar-refractivity contribution in [3.8, 4) is 5.75 Å². The molecule has 0 aliphatic heterocycles. The molecule has 0 spiro atoms. The number of ether oxygens (including phenoxy) is 1. The molecule has 0 amide bonds. The number of aromatic nitrogens is 2. The van der Waals surface area contributed by atoms with Crippen LogP contribution in [0.5, 0.6) is 5.75 Å². The fraction of sp³-hybridized carbons (Fsp3) is 0.143. The molecule has 0 atom stereocenters. The number of hydrogen-bond donors (Lipinski definition) is 0. The summed E-state index contributed by atoms with van der Waals surface area (Å²) < 4.78 is 35.4. The Labute approximate surface area is 94.4 Å². The fourth-order valence-corrected chi connectivity index (χ4v) is 3.03. The molecule has 15 heavy (non-hydrogen) atoms. The fourth-order valence-electron chi connectivity index (χ4n) is 1.21. The quantitative estimate of drug-likeness (QED) is 0.771. The third-order valence-electron chi connectivity index (χ3n) is 1.81. The monoisotopic (exact) mass is 264 g/mol. The van der Waals surface area contributed by atoms with Gasteiger partial charge < -0.3 is 4.74 Å². The lowest BCUT2D eigenvalue weighted by Gasteiger charge is -2.04.